The number of halogens is 1. The first-order valence-electron chi connectivity index (χ1n) is 7.82. The Morgan fingerprint density at radius 3 is 2.92 bits per heavy atom. The number of H-pyrrole nitrogens is 1. The van der Waals surface area contributed by atoms with Crippen LogP contribution in [0.2, 0.25) is 0 Å². The lowest BCUT2D eigenvalue weighted by Crippen LogP contribution is -2.20. The molecule has 0 aliphatic carbocycles. The summed E-state index contributed by atoms with van der Waals surface area (Å²) in [5.74, 6) is -0.631. The van der Waals surface area contributed by atoms with Crippen LogP contribution in [0.4, 0.5) is 10.2 Å². The highest BCUT2D eigenvalue weighted by atomic mass is 32.2. The Balaban J connectivity index is 1.62. The van der Waals surface area contributed by atoms with Crippen molar-refractivity contribution < 1.29 is 17.5 Å². The highest BCUT2D eigenvalue weighted by Gasteiger charge is 2.23. The van der Waals surface area contributed by atoms with Crippen molar-refractivity contribution in [2.75, 3.05) is 17.9 Å². The van der Waals surface area contributed by atoms with Gasteiger partial charge in [0.2, 0.25) is 0 Å². The number of hydrogen-bond acceptors (Lipinski definition) is 5. The van der Waals surface area contributed by atoms with Gasteiger partial charge in [-0.15, -0.1) is 0 Å². The summed E-state index contributed by atoms with van der Waals surface area (Å²) >= 11 is 0. The van der Waals surface area contributed by atoms with Gasteiger partial charge in [-0.2, -0.15) is 10.2 Å². The molecular weight excluding hydrogens is 349 g/mol. The fraction of sp³-hybridized carbons (Fsp3) is 0.333. The van der Waals surface area contributed by atoms with Gasteiger partial charge in [0.05, 0.1) is 23.1 Å². The van der Waals surface area contributed by atoms with Crippen LogP contribution in [0.15, 0.2) is 35.5 Å². The summed E-state index contributed by atoms with van der Waals surface area (Å²) in [4.78, 5) is 0.00600. The number of aromatic nitrogens is 4. The Hall–Kier alpha value is -2.46. The lowest BCUT2D eigenvalue weighted by molar-refractivity contribution is 0.0662. The molecule has 1 aliphatic rings. The van der Waals surface area contributed by atoms with Gasteiger partial charge in [-0.1, -0.05) is 6.07 Å². The fourth-order valence-electron chi connectivity index (χ4n) is 2.90. The number of sulfonamides is 1. The summed E-state index contributed by atoms with van der Waals surface area (Å²) in [6.45, 7) is 1.26. The second kappa shape index (κ2) is 6.12. The molecule has 0 spiro atoms. The molecule has 3 aromatic rings. The van der Waals surface area contributed by atoms with Crippen LogP contribution in [-0.4, -0.2) is 41.6 Å². The van der Waals surface area contributed by atoms with Gasteiger partial charge in [0.15, 0.2) is 5.82 Å². The third kappa shape index (κ3) is 2.98. The molecule has 1 saturated heterocycles. The maximum atomic E-state index is 14.0. The minimum atomic E-state index is -3.92. The van der Waals surface area contributed by atoms with Crippen molar-refractivity contribution in [3.63, 3.8) is 0 Å². The number of ether oxygens (including phenoxy) is 1. The van der Waals surface area contributed by atoms with E-state index in [-0.39, 0.29) is 22.1 Å². The van der Waals surface area contributed by atoms with E-state index in [4.69, 9.17) is 4.74 Å². The zero-order valence-corrected chi connectivity index (χ0v) is 14.0. The van der Waals surface area contributed by atoms with Crippen LogP contribution in [0.1, 0.15) is 18.9 Å². The molecule has 0 bridgehead atoms. The molecule has 0 atom stereocenters. The number of fused-ring (bicyclic) bond motifs is 1. The SMILES string of the molecule is O=S(=O)(Nc1n[nH]c2cccc(F)c12)c1cnn(C2CCOCC2)c1. The largest absolute Gasteiger partial charge is 0.381 e. The number of rotatable bonds is 4. The van der Waals surface area contributed by atoms with Gasteiger partial charge in [-0.05, 0) is 25.0 Å². The van der Waals surface area contributed by atoms with E-state index in [1.165, 1.54) is 24.5 Å². The summed E-state index contributed by atoms with van der Waals surface area (Å²) in [5.41, 5.74) is 0.413. The molecule has 2 aromatic heterocycles. The minimum Gasteiger partial charge on any atom is -0.381 e. The Kier molecular flexibility index (Phi) is 3.92. The molecule has 4 rings (SSSR count). The van der Waals surface area contributed by atoms with Gasteiger partial charge in [0.1, 0.15) is 10.7 Å². The number of aromatic amines is 1. The zero-order valence-electron chi connectivity index (χ0n) is 13.1. The van der Waals surface area contributed by atoms with Crippen LogP contribution >= 0.6 is 0 Å². The Bertz CT molecular complexity index is 1010. The van der Waals surface area contributed by atoms with Gasteiger partial charge in [-0.25, -0.2) is 12.8 Å². The van der Waals surface area contributed by atoms with Crippen molar-refractivity contribution in [2.24, 2.45) is 0 Å². The van der Waals surface area contributed by atoms with Crippen molar-refractivity contribution in [3.8, 4) is 0 Å². The van der Waals surface area contributed by atoms with Gasteiger partial charge >= 0.3 is 0 Å². The molecular formula is C15H16FN5O3S. The molecule has 10 heteroatoms. The van der Waals surface area contributed by atoms with Crippen LogP contribution in [0, 0.1) is 5.82 Å². The molecule has 2 N–H and O–H groups in total. The Morgan fingerprint density at radius 2 is 2.12 bits per heavy atom. The molecule has 25 heavy (non-hydrogen) atoms. The lowest BCUT2D eigenvalue weighted by Gasteiger charge is -2.22. The lowest BCUT2D eigenvalue weighted by atomic mass is 10.1. The topological polar surface area (TPSA) is 102 Å². The van der Waals surface area contributed by atoms with E-state index in [9.17, 15) is 12.8 Å². The Morgan fingerprint density at radius 1 is 1.32 bits per heavy atom. The van der Waals surface area contributed by atoms with Gasteiger partial charge in [0.25, 0.3) is 10.0 Å². The summed E-state index contributed by atoms with van der Waals surface area (Å²) < 4.78 is 48.4. The van der Waals surface area contributed by atoms with E-state index in [1.54, 1.807) is 10.7 Å². The highest BCUT2D eigenvalue weighted by molar-refractivity contribution is 7.92. The Labute approximate surface area is 143 Å². The molecule has 1 aliphatic heterocycles. The molecule has 1 fully saturated rings. The van der Waals surface area contributed by atoms with E-state index >= 15 is 0 Å². The van der Waals surface area contributed by atoms with Crippen LogP contribution in [0.3, 0.4) is 0 Å². The average molecular weight is 365 g/mol. The van der Waals surface area contributed by atoms with Crippen molar-refractivity contribution in [2.45, 2.75) is 23.8 Å². The summed E-state index contributed by atoms with van der Waals surface area (Å²) in [7, 11) is -3.92. The molecule has 8 nitrogen and oxygen atoms in total. The first-order chi connectivity index (χ1) is 12.0. The first kappa shape index (κ1) is 16.0. The van der Waals surface area contributed by atoms with Crippen molar-refractivity contribution in [3.05, 3.63) is 36.4 Å². The smallest absolute Gasteiger partial charge is 0.266 e. The summed E-state index contributed by atoms with van der Waals surface area (Å²) in [6.07, 6.45) is 4.32. The predicted molar refractivity (Wildman–Crippen MR) is 88.2 cm³/mol. The number of anilines is 1. The van der Waals surface area contributed by atoms with Crippen LogP contribution in [-0.2, 0) is 14.8 Å². The summed E-state index contributed by atoms with van der Waals surface area (Å²) in [5, 5.41) is 10.7. The maximum absolute atomic E-state index is 14.0. The van der Waals surface area contributed by atoms with E-state index in [2.05, 4.69) is 20.0 Å². The standard InChI is InChI=1S/C15H16FN5O3S/c16-12-2-1-3-13-14(12)15(19-18-13)20-25(22,23)11-8-17-21(9-11)10-4-6-24-7-5-10/h1-3,8-10H,4-7H2,(H2,18,19,20). The van der Waals surface area contributed by atoms with Crippen molar-refractivity contribution >= 4 is 26.7 Å². The van der Waals surface area contributed by atoms with Gasteiger partial charge in [0, 0.05) is 19.4 Å². The van der Waals surface area contributed by atoms with E-state index in [1.807, 2.05) is 0 Å². The number of benzene rings is 1. The molecule has 1 aromatic carbocycles. The molecule has 0 saturated carbocycles. The normalized spacial score (nSPS) is 16.4. The van der Waals surface area contributed by atoms with Crippen molar-refractivity contribution in [1.29, 1.82) is 0 Å². The minimum absolute atomic E-state index is 0.00600. The van der Waals surface area contributed by atoms with Crippen LogP contribution < -0.4 is 4.72 Å². The second-order valence-corrected chi connectivity index (χ2v) is 7.52. The maximum Gasteiger partial charge on any atom is 0.266 e. The average Bonchev–Trinajstić information content (AvgIpc) is 3.24. The van der Waals surface area contributed by atoms with E-state index < -0.39 is 15.8 Å². The quantitative estimate of drug-likeness (QED) is 0.737. The van der Waals surface area contributed by atoms with Gasteiger partial charge in [-0.3, -0.25) is 14.5 Å². The third-order valence-corrected chi connectivity index (χ3v) is 5.52. The summed E-state index contributed by atoms with van der Waals surface area (Å²) in [6, 6.07) is 4.50. The molecule has 0 radical (unpaired) electrons. The number of nitrogens with zero attached hydrogens (tertiary/aromatic N) is 3. The molecule has 132 valence electrons. The number of nitrogens with one attached hydrogen (secondary N) is 2. The second-order valence-electron chi connectivity index (χ2n) is 5.84. The first-order valence-corrected chi connectivity index (χ1v) is 9.30. The van der Waals surface area contributed by atoms with E-state index in [0.717, 1.165) is 12.8 Å². The third-order valence-electron chi connectivity index (χ3n) is 4.22. The van der Waals surface area contributed by atoms with Crippen LogP contribution in [0.25, 0.3) is 10.9 Å². The molecule has 0 amide bonds. The highest BCUT2D eigenvalue weighted by Crippen LogP contribution is 2.26. The molecule has 3 heterocycles. The monoisotopic (exact) mass is 365 g/mol. The predicted octanol–water partition coefficient (Wildman–Crippen LogP) is 2.05. The van der Waals surface area contributed by atoms with Gasteiger partial charge < -0.3 is 4.74 Å². The zero-order chi connectivity index (χ0) is 17.4. The van der Waals surface area contributed by atoms with E-state index in [0.29, 0.717) is 18.7 Å². The molecule has 0 unspecified atom stereocenters. The number of hydrogen-bond donors (Lipinski definition) is 2. The van der Waals surface area contributed by atoms with Crippen LogP contribution in [0.5, 0.6) is 0 Å². The van der Waals surface area contributed by atoms with Crippen molar-refractivity contribution in [1.82, 2.24) is 20.0 Å². The fourth-order valence-corrected chi connectivity index (χ4v) is 3.85.